The van der Waals surface area contributed by atoms with Crippen LogP contribution in [0.3, 0.4) is 0 Å². The lowest BCUT2D eigenvalue weighted by atomic mass is 9.72. The molecule has 0 saturated carbocycles. The molecule has 2 rings (SSSR count). The highest BCUT2D eigenvalue weighted by molar-refractivity contribution is 5.27. The zero-order chi connectivity index (χ0) is 23.3. The van der Waals surface area contributed by atoms with Crippen LogP contribution in [0.15, 0.2) is 48.5 Å². The first-order valence-corrected chi connectivity index (χ1v) is 12.7. The minimum atomic E-state index is 0.270. The van der Waals surface area contributed by atoms with Crippen molar-refractivity contribution in [1.82, 2.24) is 0 Å². The van der Waals surface area contributed by atoms with Crippen molar-refractivity contribution >= 4 is 0 Å². The van der Waals surface area contributed by atoms with E-state index in [1.165, 1.54) is 80.0 Å². The molecule has 0 aliphatic heterocycles. The lowest BCUT2D eigenvalue weighted by molar-refractivity contribution is 0.284. The molecule has 0 unspecified atom stereocenters. The Morgan fingerprint density at radius 2 is 1.03 bits per heavy atom. The van der Waals surface area contributed by atoms with E-state index >= 15 is 0 Å². The predicted octanol–water partition coefficient (Wildman–Crippen LogP) is 10.00. The first-order chi connectivity index (χ1) is 14.5. The fourth-order valence-electron chi connectivity index (χ4n) is 4.47. The normalized spacial score (nSPS) is 11.7. The Kier molecular flexibility index (Phi) is 12.2. The number of benzene rings is 2. The number of rotatable bonds is 10. The van der Waals surface area contributed by atoms with E-state index in [2.05, 4.69) is 104 Å². The van der Waals surface area contributed by atoms with Gasteiger partial charge in [0.25, 0.3) is 0 Å². The summed E-state index contributed by atoms with van der Waals surface area (Å²) in [6.45, 7) is 18.2. The molecule has 0 heteroatoms. The Hall–Kier alpha value is -1.56. The highest BCUT2D eigenvalue weighted by Gasteiger charge is 2.26. The molecular formula is C31H50. The molecule has 2 aromatic rings. The van der Waals surface area contributed by atoms with Crippen molar-refractivity contribution in [1.29, 1.82) is 0 Å². The molecule has 0 radical (unpaired) electrons. The van der Waals surface area contributed by atoms with E-state index in [0.29, 0.717) is 5.41 Å². The van der Waals surface area contributed by atoms with Gasteiger partial charge in [-0.1, -0.05) is 140 Å². The minimum Gasteiger partial charge on any atom is -0.0654 e. The highest BCUT2D eigenvalue weighted by atomic mass is 14.3. The minimum absolute atomic E-state index is 0.270. The Labute approximate surface area is 194 Å². The summed E-state index contributed by atoms with van der Waals surface area (Å²) >= 11 is 0. The van der Waals surface area contributed by atoms with Crippen molar-refractivity contribution in [3.8, 4) is 0 Å². The van der Waals surface area contributed by atoms with Crippen LogP contribution in [0.25, 0.3) is 0 Å². The van der Waals surface area contributed by atoms with Crippen LogP contribution in [0.4, 0.5) is 0 Å². The number of hydrogen-bond acceptors (Lipinski definition) is 0. The lowest BCUT2D eigenvalue weighted by Gasteiger charge is -2.33. The summed E-state index contributed by atoms with van der Waals surface area (Å²) in [4.78, 5) is 0. The molecule has 0 heterocycles. The summed E-state index contributed by atoms with van der Waals surface area (Å²) in [7, 11) is 0. The molecular weight excluding hydrogens is 372 g/mol. The van der Waals surface area contributed by atoms with Crippen LogP contribution in [0.2, 0.25) is 0 Å². The molecule has 0 aliphatic rings. The molecule has 0 saturated heterocycles. The van der Waals surface area contributed by atoms with Gasteiger partial charge in [-0.3, -0.25) is 0 Å². The van der Waals surface area contributed by atoms with Gasteiger partial charge in [0.15, 0.2) is 0 Å². The monoisotopic (exact) mass is 422 g/mol. The van der Waals surface area contributed by atoms with Crippen molar-refractivity contribution < 1.29 is 0 Å². The summed E-state index contributed by atoms with van der Waals surface area (Å²) in [6, 6.07) is 17.9. The van der Waals surface area contributed by atoms with E-state index in [-0.39, 0.29) is 5.41 Å². The van der Waals surface area contributed by atoms with E-state index in [1.54, 1.807) is 0 Å². The maximum Gasteiger partial charge on any atom is -0.00986 e. The van der Waals surface area contributed by atoms with Gasteiger partial charge in [0.2, 0.25) is 0 Å². The molecule has 0 bridgehead atoms. The van der Waals surface area contributed by atoms with Crippen LogP contribution >= 0.6 is 0 Å². The fraction of sp³-hybridized carbons (Fsp3) is 0.613. The van der Waals surface area contributed by atoms with Crippen molar-refractivity contribution in [3.05, 3.63) is 70.8 Å². The van der Waals surface area contributed by atoms with E-state index in [9.17, 15) is 0 Å². The molecule has 0 fully saturated rings. The second-order valence-electron chi connectivity index (χ2n) is 11.3. The van der Waals surface area contributed by atoms with Gasteiger partial charge in [-0.05, 0) is 55.1 Å². The number of aryl methyl sites for hydroxylation is 3. The summed E-state index contributed by atoms with van der Waals surface area (Å²) < 4.78 is 0. The molecule has 2 aromatic carbocycles. The predicted molar refractivity (Wildman–Crippen MR) is 141 cm³/mol. The van der Waals surface area contributed by atoms with Gasteiger partial charge in [0.05, 0.1) is 0 Å². The SMILES string of the molecule is CCCCCCCCCc1ccc(C)cc1.Cc1ccc(C(C)(C)CC(C)(C)C)cc1. The average Bonchev–Trinajstić information content (AvgIpc) is 2.68. The summed E-state index contributed by atoms with van der Waals surface area (Å²) in [6.07, 6.45) is 12.3. The average molecular weight is 423 g/mol. The molecule has 0 N–H and O–H groups in total. The quantitative estimate of drug-likeness (QED) is 0.334. The van der Waals surface area contributed by atoms with Crippen LogP contribution in [-0.2, 0) is 11.8 Å². The van der Waals surface area contributed by atoms with Crippen molar-refractivity contribution in [2.45, 2.75) is 119 Å². The maximum absolute atomic E-state index is 2.34. The third-order valence-electron chi connectivity index (χ3n) is 5.99. The van der Waals surface area contributed by atoms with Gasteiger partial charge in [0, 0.05) is 0 Å². The lowest BCUT2D eigenvalue weighted by Crippen LogP contribution is -2.24. The van der Waals surface area contributed by atoms with Crippen LogP contribution in [0.5, 0.6) is 0 Å². The van der Waals surface area contributed by atoms with Crippen LogP contribution in [0, 0.1) is 19.3 Å². The summed E-state index contributed by atoms with van der Waals surface area (Å²) in [5, 5.41) is 0. The smallest absolute Gasteiger partial charge is 0.00986 e. The largest absolute Gasteiger partial charge is 0.0654 e. The molecule has 0 nitrogen and oxygen atoms in total. The molecule has 0 aromatic heterocycles. The molecule has 0 amide bonds. The van der Waals surface area contributed by atoms with Crippen molar-refractivity contribution in [2.24, 2.45) is 5.41 Å². The second kappa shape index (κ2) is 13.8. The zero-order valence-corrected chi connectivity index (χ0v) is 22.0. The van der Waals surface area contributed by atoms with Gasteiger partial charge >= 0.3 is 0 Å². The van der Waals surface area contributed by atoms with E-state index < -0.39 is 0 Å². The molecule has 31 heavy (non-hydrogen) atoms. The van der Waals surface area contributed by atoms with Crippen LogP contribution < -0.4 is 0 Å². The Bertz CT molecular complexity index is 695. The molecule has 0 spiro atoms. The summed E-state index contributed by atoms with van der Waals surface area (Å²) in [5.41, 5.74) is 6.30. The van der Waals surface area contributed by atoms with Gasteiger partial charge < -0.3 is 0 Å². The van der Waals surface area contributed by atoms with Gasteiger partial charge in [-0.15, -0.1) is 0 Å². The van der Waals surface area contributed by atoms with E-state index in [0.717, 1.165) is 0 Å². The second-order valence-corrected chi connectivity index (χ2v) is 11.3. The van der Waals surface area contributed by atoms with Gasteiger partial charge in [-0.25, -0.2) is 0 Å². The Morgan fingerprint density at radius 3 is 1.52 bits per heavy atom. The zero-order valence-electron chi connectivity index (χ0n) is 22.0. The first-order valence-electron chi connectivity index (χ1n) is 12.7. The highest BCUT2D eigenvalue weighted by Crippen LogP contribution is 2.36. The Morgan fingerprint density at radius 1 is 0.581 bits per heavy atom. The fourth-order valence-corrected chi connectivity index (χ4v) is 4.47. The number of unbranched alkanes of at least 4 members (excludes halogenated alkanes) is 6. The third-order valence-corrected chi connectivity index (χ3v) is 5.99. The molecule has 174 valence electrons. The van der Waals surface area contributed by atoms with Crippen LogP contribution in [0.1, 0.15) is 115 Å². The summed E-state index contributed by atoms with van der Waals surface area (Å²) in [5.74, 6) is 0. The van der Waals surface area contributed by atoms with Crippen LogP contribution in [-0.4, -0.2) is 0 Å². The van der Waals surface area contributed by atoms with Crippen molar-refractivity contribution in [2.75, 3.05) is 0 Å². The standard InChI is InChI=1S/C16H26.C15H24/c1-3-4-5-6-7-8-9-10-16-13-11-15(2)12-14-16;1-12-7-9-13(10-8-12)15(5,6)11-14(2,3)4/h11-14H,3-10H2,1-2H3;7-10H,11H2,1-6H3. The number of hydrogen-bond donors (Lipinski definition) is 0. The van der Waals surface area contributed by atoms with E-state index in [1.807, 2.05) is 0 Å². The third kappa shape index (κ3) is 12.8. The maximum atomic E-state index is 2.34. The van der Waals surface area contributed by atoms with Crippen molar-refractivity contribution in [3.63, 3.8) is 0 Å². The molecule has 0 aliphatic carbocycles. The molecule has 0 atom stereocenters. The first kappa shape index (κ1) is 27.5. The van der Waals surface area contributed by atoms with E-state index in [4.69, 9.17) is 0 Å². The van der Waals surface area contributed by atoms with Gasteiger partial charge in [0.1, 0.15) is 0 Å². The topological polar surface area (TPSA) is 0 Å². The Balaban J connectivity index is 0.000000311. The van der Waals surface area contributed by atoms with Gasteiger partial charge in [-0.2, -0.15) is 0 Å².